The quantitative estimate of drug-likeness (QED) is 0.351. The fourth-order valence-electron chi connectivity index (χ4n) is 2.87. The molecule has 30 heavy (non-hydrogen) atoms. The minimum absolute atomic E-state index is 0.245. The highest BCUT2D eigenvalue weighted by molar-refractivity contribution is 7.15. The number of fused-ring (bicyclic) bond motifs is 1. The van der Waals surface area contributed by atoms with Crippen LogP contribution in [-0.2, 0) is 4.79 Å². The van der Waals surface area contributed by atoms with Crippen LogP contribution in [0.1, 0.15) is 25.8 Å². The zero-order valence-corrected chi connectivity index (χ0v) is 17.3. The van der Waals surface area contributed by atoms with Gasteiger partial charge in [0.1, 0.15) is 11.5 Å². The molecule has 0 aliphatic rings. The van der Waals surface area contributed by atoms with E-state index in [4.69, 9.17) is 9.47 Å². The van der Waals surface area contributed by atoms with Crippen LogP contribution >= 0.6 is 11.3 Å². The molecule has 0 amide bonds. The van der Waals surface area contributed by atoms with Gasteiger partial charge >= 0.3 is 5.97 Å². The molecule has 7 nitrogen and oxygen atoms in total. The number of carbonyl (C=O) groups excluding carboxylic acids is 1. The molecule has 0 aliphatic carbocycles. The first kappa shape index (κ1) is 19.8. The Labute approximate surface area is 176 Å². The third kappa shape index (κ3) is 4.08. The first-order valence-electron chi connectivity index (χ1n) is 9.47. The lowest BCUT2D eigenvalue weighted by atomic mass is 10.2. The number of thiazole rings is 1. The van der Waals surface area contributed by atoms with Gasteiger partial charge in [-0.2, -0.15) is 9.50 Å². The van der Waals surface area contributed by atoms with Gasteiger partial charge in [-0.15, -0.1) is 5.10 Å². The summed E-state index contributed by atoms with van der Waals surface area (Å²) in [5.74, 6) is 1.05. The van der Waals surface area contributed by atoms with Crippen molar-refractivity contribution >= 4 is 28.3 Å². The second-order valence-corrected chi connectivity index (χ2v) is 7.56. The lowest BCUT2D eigenvalue weighted by molar-refractivity contribution is -0.131. The summed E-state index contributed by atoms with van der Waals surface area (Å²) in [5.41, 5.74) is 1.20. The fraction of sp³-hybridized carbons (Fsp3) is 0.182. The molecule has 0 N–H and O–H groups in total. The molecule has 2 aromatic heterocycles. The van der Waals surface area contributed by atoms with Gasteiger partial charge in [-0.25, -0.2) is 0 Å². The normalized spacial score (nSPS) is 11.7. The van der Waals surface area contributed by atoms with Crippen LogP contribution in [0.3, 0.4) is 0 Å². The fourth-order valence-corrected chi connectivity index (χ4v) is 3.78. The molecule has 0 radical (unpaired) electrons. The van der Waals surface area contributed by atoms with E-state index < -0.39 is 5.97 Å². The van der Waals surface area contributed by atoms with E-state index in [2.05, 4.69) is 17.0 Å². The summed E-state index contributed by atoms with van der Waals surface area (Å²) in [6.07, 6.45) is 2.75. The van der Waals surface area contributed by atoms with Gasteiger partial charge in [-0.05, 0) is 42.3 Å². The Morgan fingerprint density at radius 1 is 1.17 bits per heavy atom. The zero-order valence-electron chi connectivity index (χ0n) is 16.5. The molecule has 4 aromatic rings. The molecule has 0 saturated carbocycles. The van der Waals surface area contributed by atoms with Crippen molar-refractivity contribution in [2.75, 3.05) is 6.61 Å². The van der Waals surface area contributed by atoms with Crippen LogP contribution in [0.25, 0.3) is 22.4 Å². The number of rotatable bonds is 6. The second kappa shape index (κ2) is 8.46. The molecule has 0 unspecified atom stereocenters. The summed E-state index contributed by atoms with van der Waals surface area (Å²) in [6, 6.07) is 14.5. The van der Waals surface area contributed by atoms with Crippen molar-refractivity contribution in [3.8, 4) is 22.9 Å². The van der Waals surface area contributed by atoms with Gasteiger partial charge in [0, 0.05) is 6.92 Å². The number of para-hydroxylation sites is 1. The maximum absolute atomic E-state index is 12.8. The third-order valence-electron chi connectivity index (χ3n) is 4.21. The third-order valence-corrected chi connectivity index (χ3v) is 5.17. The number of nitrogens with zero attached hydrogens (tertiary/aromatic N) is 3. The summed E-state index contributed by atoms with van der Waals surface area (Å²) in [7, 11) is 0. The molecule has 8 heteroatoms. The van der Waals surface area contributed by atoms with E-state index in [9.17, 15) is 9.59 Å². The van der Waals surface area contributed by atoms with E-state index in [0.29, 0.717) is 33.2 Å². The maximum Gasteiger partial charge on any atom is 0.308 e. The van der Waals surface area contributed by atoms with Gasteiger partial charge in [0.15, 0.2) is 5.82 Å². The van der Waals surface area contributed by atoms with Crippen molar-refractivity contribution in [1.82, 2.24) is 14.6 Å². The minimum Gasteiger partial charge on any atom is -0.494 e. The zero-order chi connectivity index (χ0) is 21.1. The van der Waals surface area contributed by atoms with Gasteiger partial charge in [-0.3, -0.25) is 9.59 Å². The summed E-state index contributed by atoms with van der Waals surface area (Å²) in [4.78, 5) is 29.0. The van der Waals surface area contributed by atoms with Crippen molar-refractivity contribution in [1.29, 1.82) is 0 Å². The Morgan fingerprint density at radius 2 is 1.93 bits per heavy atom. The van der Waals surface area contributed by atoms with Crippen molar-refractivity contribution in [2.24, 2.45) is 0 Å². The van der Waals surface area contributed by atoms with Crippen LogP contribution in [0.5, 0.6) is 11.5 Å². The average molecular weight is 421 g/mol. The number of hydrogen-bond donors (Lipinski definition) is 0. The minimum atomic E-state index is -0.434. The Hall–Kier alpha value is -3.52. The number of benzene rings is 2. The smallest absolute Gasteiger partial charge is 0.308 e. The highest BCUT2D eigenvalue weighted by Crippen LogP contribution is 2.27. The molecule has 0 saturated heterocycles. The summed E-state index contributed by atoms with van der Waals surface area (Å²) in [5, 5.41) is 4.33. The van der Waals surface area contributed by atoms with Crippen LogP contribution < -0.4 is 19.6 Å². The molecule has 0 spiro atoms. The Kier molecular flexibility index (Phi) is 5.58. The number of aromatic nitrogens is 3. The lowest BCUT2D eigenvalue weighted by Gasteiger charge is -2.04. The Bertz CT molecular complexity index is 1310. The summed E-state index contributed by atoms with van der Waals surface area (Å²) in [6.45, 7) is 4.06. The SMILES string of the molecule is CCCOc1ccc(C=c2sc3nc(-c4ccccc4OC(C)=O)nn3c2=O)cc1. The highest BCUT2D eigenvalue weighted by Gasteiger charge is 2.16. The molecule has 2 aromatic carbocycles. The molecule has 0 atom stereocenters. The van der Waals surface area contributed by atoms with Crippen molar-refractivity contribution in [2.45, 2.75) is 20.3 Å². The van der Waals surface area contributed by atoms with E-state index in [1.54, 1.807) is 30.3 Å². The van der Waals surface area contributed by atoms with Crippen LogP contribution in [0.4, 0.5) is 0 Å². The topological polar surface area (TPSA) is 82.8 Å². The van der Waals surface area contributed by atoms with Crippen LogP contribution in [0, 0.1) is 0 Å². The van der Waals surface area contributed by atoms with Crippen molar-refractivity contribution < 1.29 is 14.3 Å². The van der Waals surface area contributed by atoms with E-state index in [1.165, 1.54) is 22.8 Å². The molecule has 4 rings (SSSR count). The molecule has 2 heterocycles. The van der Waals surface area contributed by atoms with Crippen molar-refractivity contribution in [3.05, 3.63) is 69.0 Å². The lowest BCUT2D eigenvalue weighted by Crippen LogP contribution is -2.23. The van der Waals surface area contributed by atoms with Crippen molar-refractivity contribution in [3.63, 3.8) is 0 Å². The number of carbonyl (C=O) groups is 1. The van der Waals surface area contributed by atoms with E-state index >= 15 is 0 Å². The Balaban J connectivity index is 1.67. The van der Waals surface area contributed by atoms with Gasteiger partial charge in [0.05, 0.1) is 16.7 Å². The number of ether oxygens (including phenoxy) is 2. The maximum atomic E-state index is 12.8. The largest absolute Gasteiger partial charge is 0.494 e. The first-order chi connectivity index (χ1) is 14.5. The summed E-state index contributed by atoms with van der Waals surface area (Å²) < 4.78 is 12.6. The van der Waals surface area contributed by atoms with Crippen LogP contribution in [0.2, 0.25) is 0 Å². The first-order valence-corrected chi connectivity index (χ1v) is 10.3. The second-order valence-electron chi connectivity index (χ2n) is 6.55. The molecule has 152 valence electrons. The highest BCUT2D eigenvalue weighted by atomic mass is 32.1. The van der Waals surface area contributed by atoms with Gasteiger partial charge in [0.2, 0.25) is 4.96 Å². The molecular weight excluding hydrogens is 402 g/mol. The molecular formula is C22H19N3O4S. The molecule has 0 bridgehead atoms. The number of hydrogen-bond acceptors (Lipinski definition) is 7. The predicted octanol–water partition coefficient (Wildman–Crippen LogP) is 3.08. The van der Waals surface area contributed by atoms with Gasteiger partial charge in [0.25, 0.3) is 5.56 Å². The molecule has 0 fully saturated rings. The van der Waals surface area contributed by atoms with Crippen LogP contribution in [-0.4, -0.2) is 27.2 Å². The average Bonchev–Trinajstić information content (AvgIpc) is 3.27. The number of esters is 1. The van der Waals surface area contributed by atoms with Gasteiger partial charge in [-0.1, -0.05) is 42.5 Å². The van der Waals surface area contributed by atoms with E-state index in [0.717, 1.165) is 17.7 Å². The Morgan fingerprint density at radius 3 is 2.63 bits per heavy atom. The predicted molar refractivity (Wildman–Crippen MR) is 115 cm³/mol. The standard InChI is InChI=1S/C22H19N3O4S/c1-3-12-28-16-10-8-15(9-11-16)13-19-21(27)25-22(30-19)23-20(24-25)17-6-4-5-7-18(17)29-14(2)26/h4-11,13H,3,12H2,1-2H3. The van der Waals surface area contributed by atoms with E-state index in [-0.39, 0.29) is 5.56 Å². The van der Waals surface area contributed by atoms with E-state index in [1.807, 2.05) is 24.3 Å². The van der Waals surface area contributed by atoms with Crippen LogP contribution in [0.15, 0.2) is 53.3 Å². The summed E-state index contributed by atoms with van der Waals surface area (Å²) >= 11 is 1.25. The monoisotopic (exact) mass is 421 g/mol. The molecule has 0 aliphatic heterocycles. The van der Waals surface area contributed by atoms with Gasteiger partial charge < -0.3 is 9.47 Å².